The van der Waals surface area contributed by atoms with E-state index in [2.05, 4.69) is 10.3 Å². The molecule has 0 saturated carbocycles. The predicted octanol–water partition coefficient (Wildman–Crippen LogP) is 3.64. The lowest BCUT2D eigenvalue weighted by molar-refractivity contribution is 0.515. The van der Waals surface area contributed by atoms with E-state index in [4.69, 9.17) is 0 Å². The SMILES string of the molecule is CCCNc1nc2c(F)c(F)ccc2cc1C. The molecule has 2 rings (SSSR count). The summed E-state index contributed by atoms with van der Waals surface area (Å²) < 4.78 is 26.7. The van der Waals surface area contributed by atoms with Crippen LogP contribution in [-0.4, -0.2) is 11.5 Å². The van der Waals surface area contributed by atoms with Gasteiger partial charge in [0, 0.05) is 11.9 Å². The fraction of sp³-hybridized carbons (Fsp3) is 0.308. The van der Waals surface area contributed by atoms with E-state index < -0.39 is 11.6 Å². The number of pyridine rings is 1. The van der Waals surface area contributed by atoms with Crippen molar-refractivity contribution < 1.29 is 8.78 Å². The lowest BCUT2D eigenvalue weighted by atomic mass is 10.1. The van der Waals surface area contributed by atoms with Gasteiger partial charge in [-0.15, -0.1) is 0 Å². The fourth-order valence-electron chi connectivity index (χ4n) is 1.71. The third-order valence-corrected chi connectivity index (χ3v) is 2.61. The van der Waals surface area contributed by atoms with Crippen LogP contribution in [0.25, 0.3) is 10.9 Å². The molecule has 0 unspecified atom stereocenters. The first kappa shape index (κ1) is 11.8. The average Bonchev–Trinajstić information content (AvgIpc) is 2.32. The Bertz CT molecular complexity index is 553. The van der Waals surface area contributed by atoms with Crippen LogP contribution in [-0.2, 0) is 0 Å². The maximum Gasteiger partial charge on any atom is 0.185 e. The van der Waals surface area contributed by atoms with Gasteiger partial charge in [-0.05, 0) is 37.1 Å². The molecule has 0 aliphatic rings. The molecule has 1 aromatic heterocycles. The number of nitrogens with zero attached hydrogens (tertiary/aromatic N) is 1. The van der Waals surface area contributed by atoms with Crippen LogP contribution in [0.15, 0.2) is 18.2 Å². The maximum atomic E-state index is 13.6. The molecular formula is C13H14F2N2. The summed E-state index contributed by atoms with van der Waals surface area (Å²) in [6.07, 6.45) is 0.949. The molecule has 1 N–H and O–H groups in total. The molecule has 0 amide bonds. The number of aromatic nitrogens is 1. The first-order valence-corrected chi connectivity index (χ1v) is 5.62. The summed E-state index contributed by atoms with van der Waals surface area (Å²) in [6.45, 7) is 4.69. The largest absolute Gasteiger partial charge is 0.370 e. The summed E-state index contributed by atoms with van der Waals surface area (Å²) in [5.41, 5.74) is 1.01. The van der Waals surface area contributed by atoms with Crippen LogP contribution in [0.3, 0.4) is 0 Å². The number of nitrogens with one attached hydrogen (secondary N) is 1. The van der Waals surface area contributed by atoms with Crippen LogP contribution in [0.1, 0.15) is 18.9 Å². The minimum atomic E-state index is -0.887. The van der Waals surface area contributed by atoms with Crippen molar-refractivity contribution in [1.29, 1.82) is 0 Å². The zero-order valence-corrected chi connectivity index (χ0v) is 9.85. The zero-order valence-electron chi connectivity index (χ0n) is 9.85. The number of aryl methyl sites for hydroxylation is 1. The molecule has 0 spiro atoms. The first-order chi connectivity index (χ1) is 8.13. The summed E-state index contributed by atoms with van der Waals surface area (Å²) in [6, 6.07) is 4.47. The molecule has 0 radical (unpaired) electrons. The van der Waals surface area contributed by atoms with E-state index >= 15 is 0 Å². The van der Waals surface area contributed by atoms with Crippen molar-refractivity contribution in [2.45, 2.75) is 20.3 Å². The lowest BCUT2D eigenvalue weighted by Crippen LogP contribution is -2.04. The standard InChI is InChI=1S/C13H14F2N2/c1-3-6-16-13-8(2)7-9-4-5-10(14)11(15)12(9)17-13/h4-5,7H,3,6H2,1-2H3,(H,16,17). The van der Waals surface area contributed by atoms with Crippen molar-refractivity contribution in [2.75, 3.05) is 11.9 Å². The van der Waals surface area contributed by atoms with Crippen molar-refractivity contribution in [3.63, 3.8) is 0 Å². The third-order valence-electron chi connectivity index (χ3n) is 2.61. The van der Waals surface area contributed by atoms with Crippen molar-refractivity contribution >= 4 is 16.7 Å². The quantitative estimate of drug-likeness (QED) is 0.880. The van der Waals surface area contributed by atoms with E-state index in [0.717, 1.165) is 24.6 Å². The summed E-state index contributed by atoms with van der Waals surface area (Å²) in [5, 5.41) is 3.72. The molecule has 17 heavy (non-hydrogen) atoms. The highest BCUT2D eigenvalue weighted by Crippen LogP contribution is 2.23. The molecule has 90 valence electrons. The molecule has 2 aromatic rings. The van der Waals surface area contributed by atoms with Crippen LogP contribution < -0.4 is 5.32 Å². The summed E-state index contributed by atoms with van der Waals surface area (Å²) >= 11 is 0. The Kier molecular flexibility index (Phi) is 3.22. The Morgan fingerprint density at radius 2 is 2.06 bits per heavy atom. The van der Waals surface area contributed by atoms with Crippen molar-refractivity contribution in [3.8, 4) is 0 Å². The van der Waals surface area contributed by atoms with Gasteiger partial charge in [-0.25, -0.2) is 13.8 Å². The van der Waals surface area contributed by atoms with Gasteiger partial charge in [0.15, 0.2) is 11.6 Å². The Labute approximate surface area is 98.7 Å². The summed E-state index contributed by atoms with van der Waals surface area (Å²) in [5.74, 6) is -1.14. The number of rotatable bonds is 3. The number of hydrogen-bond donors (Lipinski definition) is 1. The van der Waals surface area contributed by atoms with E-state index in [0.29, 0.717) is 11.2 Å². The van der Waals surface area contributed by atoms with E-state index in [-0.39, 0.29) is 5.52 Å². The Hall–Kier alpha value is -1.71. The average molecular weight is 236 g/mol. The molecule has 0 atom stereocenters. The van der Waals surface area contributed by atoms with Crippen LogP contribution in [0.4, 0.5) is 14.6 Å². The van der Waals surface area contributed by atoms with Crippen LogP contribution >= 0.6 is 0 Å². The number of fused-ring (bicyclic) bond motifs is 1. The van der Waals surface area contributed by atoms with Gasteiger partial charge in [0.25, 0.3) is 0 Å². The number of hydrogen-bond acceptors (Lipinski definition) is 2. The molecule has 1 heterocycles. The number of halogens is 2. The molecule has 0 aliphatic carbocycles. The minimum absolute atomic E-state index is 0.0780. The Morgan fingerprint density at radius 3 is 2.76 bits per heavy atom. The molecule has 0 bridgehead atoms. The van der Waals surface area contributed by atoms with Gasteiger partial charge in [0.2, 0.25) is 0 Å². The molecule has 0 aliphatic heterocycles. The van der Waals surface area contributed by atoms with E-state index in [1.807, 2.05) is 19.9 Å². The maximum absolute atomic E-state index is 13.6. The van der Waals surface area contributed by atoms with Crippen molar-refractivity contribution in [3.05, 3.63) is 35.4 Å². The highest BCUT2D eigenvalue weighted by Gasteiger charge is 2.10. The van der Waals surface area contributed by atoms with Gasteiger partial charge in [0.1, 0.15) is 11.3 Å². The van der Waals surface area contributed by atoms with Gasteiger partial charge in [-0.2, -0.15) is 0 Å². The van der Waals surface area contributed by atoms with Crippen LogP contribution in [0, 0.1) is 18.6 Å². The zero-order chi connectivity index (χ0) is 12.4. The topological polar surface area (TPSA) is 24.9 Å². The van der Waals surface area contributed by atoms with Crippen LogP contribution in [0.5, 0.6) is 0 Å². The molecule has 2 nitrogen and oxygen atoms in total. The highest BCUT2D eigenvalue weighted by molar-refractivity contribution is 5.82. The molecular weight excluding hydrogens is 222 g/mol. The van der Waals surface area contributed by atoms with E-state index in [9.17, 15) is 8.78 Å². The number of benzene rings is 1. The second kappa shape index (κ2) is 4.65. The second-order valence-corrected chi connectivity index (χ2v) is 4.01. The molecule has 1 aromatic carbocycles. The molecule has 0 saturated heterocycles. The van der Waals surface area contributed by atoms with Gasteiger partial charge in [-0.3, -0.25) is 0 Å². The van der Waals surface area contributed by atoms with Gasteiger partial charge in [0.05, 0.1) is 0 Å². The highest BCUT2D eigenvalue weighted by atomic mass is 19.2. The summed E-state index contributed by atoms with van der Waals surface area (Å²) in [4.78, 5) is 4.15. The molecule has 4 heteroatoms. The fourth-order valence-corrected chi connectivity index (χ4v) is 1.71. The van der Waals surface area contributed by atoms with E-state index in [1.165, 1.54) is 6.07 Å². The van der Waals surface area contributed by atoms with Gasteiger partial charge < -0.3 is 5.32 Å². The van der Waals surface area contributed by atoms with E-state index in [1.54, 1.807) is 0 Å². The minimum Gasteiger partial charge on any atom is -0.370 e. The van der Waals surface area contributed by atoms with Crippen molar-refractivity contribution in [2.24, 2.45) is 0 Å². The van der Waals surface area contributed by atoms with Gasteiger partial charge >= 0.3 is 0 Å². The smallest absolute Gasteiger partial charge is 0.185 e. The molecule has 0 fully saturated rings. The summed E-state index contributed by atoms with van der Waals surface area (Å²) in [7, 11) is 0. The second-order valence-electron chi connectivity index (χ2n) is 4.01. The lowest BCUT2D eigenvalue weighted by Gasteiger charge is -2.09. The predicted molar refractivity (Wildman–Crippen MR) is 65.2 cm³/mol. The normalized spacial score (nSPS) is 10.8. The Balaban J connectivity index is 2.56. The van der Waals surface area contributed by atoms with Crippen molar-refractivity contribution in [1.82, 2.24) is 4.98 Å². The van der Waals surface area contributed by atoms with Crippen LogP contribution in [0.2, 0.25) is 0 Å². The Morgan fingerprint density at radius 1 is 1.29 bits per heavy atom. The number of anilines is 1. The first-order valence-electron chi connectivity index (χ1n) is 5.62. The monoisotopic (exact) mass is 236 g/mol. The third kappa shape index (κ3) is 2.20. The van der Waals surface area contributed by atoms with Gasteiger partial charge in [-0.1, -0.05) is 6.92 Å².